The number of rotatable bonds is 4. The molecule has 0 radical (unpaired) electrons. The summed E-state index contributed by atoms with van der Waals surface area (Å²) in [5.41, 5.74) is 0. The number of hydrogen-bond acceptors (Lipinski definition) is 4. The second kappa shape index (κ2) is 6.69. The molecule has 2 aliphatic rings. The third-order valence-electron chi connectivity index (χ3n) is 3.70. The van der Waals surface area contributed by atoms with Gasteiger partial charge in [-0.2, -0.15) is 0 Å². The predicted molar refractivity (Wildman–Crippen MR) is 69.0 cm³/mol. The molecule has 0 spiro atoms. The Balaban J connectivity index is 1.75. The standard InChI is InChI=1S/C13H20N2O5/c16-11(3-4-12(17)18)14-5-7-15(8-6-14)13(19)10-2-1-9-20-10/h10H,1-9H2,(H,17,18)/t10-/m1/s1. The second-order valence-corrected chi connectivity index (χ2v) is 5.10. The summed E-state index contributed by atoms with van der Waals surface area (Å²) in [4.78, 5) is 37.7. The maximum absolute atomic E-state index is 12.1. The molecule has 0 aromatic heterocycles. The van der Waals surface area contributed by atoms with Crippen LogP contribution in [0.4, 0.5) is 0 Å². The van der Waals surface area contributed by atoms with Gasteiger partial charge in [-0.25, -0.2) is 0 Å². The van der Waals surface area contributed by atoms with Gasteiger partial charge in [0.25, 0.3) is 5.91 Å². The van der Waals surface area contributed by atoms with Crippen LogP contribution in [0.3, 0.4) is 0 Å². The van der Waals surface area contributed by atoms with Crippen molar-refractivity contribution in [2.45, 2.75) is 31.8 Å². The molecule has 0 aliphatic carbocycles. The first-order valence-corrected chi connectivity index (χ1v) is 6.98. The number of nitrogens with zero attached hydrogens (tertiary/aromatic N) is 2. The third kappa shape index (κ3) is 3.69. The van der Waals surface area contributed by atoms with Crippen molar-refractivity contribution in [3.8, 4) is 0 Å². The molecule has 2 saturated heterocycles. The van der Waals surface area contributed by atoms with Crippen LogP contribution in [0.25, 0.3) is 0 Å². The van der Waals surface area contributed by atoms with Gasteiger partial charge in [0.15, 0.2) is 0 Å². The van der Waals surface area contributed by atoms with Crippen LogP contribution in [-0.4, -0.2) is 71.6 Å². The lowest BCUT2D eigenvalue weighted by Crippen LogP contribution is -2.52. The smallest absolute Gasteiger partial charge is 0.303 e. The van der Waals surface area contributed by atoms with Crippen LogP contribution < -0.4 is 0 Å². The van der Waals surface area contributed by atoms with Gasteiger partial charge in [0.1, 0.15) is 6.10 Å². The first-order chi connectivity index (χ1) is 9.58. The Morgan fingerprint density at radius 2 is 1.70 bits per heavy atom. The second-order valence-electron chi connectivity index (χ2n) is 5.10. The summed E-state index contributed by atoms with van der Waals surface area (Å²) in [6.45, 7) is 2.58. The van der Waals surface area contributed by atoms with Crippen LogP contribution in [0.2, 0.25) is 0 Å². The van der Waals surface area contributed by atoms with E-state index in [9.17, 15) is 14.4 Å². The van der Waals surface area contributed by atoms with Gasteiger partial charge in [-0.15, -0.1) is 0 Å². The number of carboxylic acid groups (broad SMARTS) is 1. The quantitative estimate of drug-likeness (QED) is 0.766. The Morgan fingerprint density at radius 1 is 1.05 bits per heavy atom. The van der Waals surface area contributed by atoms with Gasteiger partial charge in [-0.3, -0.25) is 14.4 Å². The topological polar surface area (TPSA) is 87.2 Å². The monoisotopic (exact) mass is 284 g/mol. The SMILES string of the molecule is O=C(O)CCC(=O)N1CCN(C(=O)[C@H]2CCCO2)CC1. The van der Waals surface area contributed by atoms with Crippen molar-refractivity contribution in [2.24, 2.45) is 0 Å². The Labute approximate surface area is 117 Å². The third-order valence-corrected chi connectivity index (χ3v) is 3.70. The van der Waals surface area contributed by atoms with Gasteiger partial charge < -0.3 is 19.6 Å². The molecular weight excluding hydrogens is 264 g/mol. The molecule has 7 heteroatoms. The van der Waals surface area contributed by atoms with E-state index in [0.717, 1.165) is 12.8 Å². The van der Waals surface area contributed by atoms with E-state index in [-0.39, 0.29) is 30.8 Å². The van der Waals surface area contributed by atoms with Gasteiger partial charge in [0.05, 0.1) is 6.42 Å². The molecule has 0 bridgehead atoms. The molecule has 2 heterocycles. The fourth-order valence-corrected chi connectivity index (χ4v) is 2.52. The average molecular weight is 284 g/mol. The van der Waals surface area contributed by atoms with Crippen molar-refractivity contribution >= 4 is 17.8 Å². The summed E-state index contributed by atoms with van der Waals surface area (Å²) in [7, 11) is 0. The number of amides is 2. The van der Waals surface area contributed by atoms with Crippen LogP contribution in [-0.2, 0) is 19.1 Å². The minimum Gasteiger partial charge on any atom is -0.481 e. The number of carboxylic acids is 1. The van der Waals surface area contributed by atoms with E-state index in [1.165, 1.54) is 0 Å². The molecule has 1 atom stereocenters. The van der Waals surface area contributed by atoms with E-state index < -0.39 is 5.97 Å². The first kappa shape index (κ1) is 14.8. The van der Waals surface area contributed by atoms with Crippen molar-refractivity contribution in [3.05, 3.63) is 0 Å². The highest BCUT2D eigenvalue weighted by Crippen LogP contribution is 2.16. The van der Waals surface area contributed by atoms with Crippen LogP contribution in [0.15, 0.2) is 0 Å². The molecule has 0 saturated carbocycles. The van der Waals surface area contributed by atoms with Crippen molar-refractivity contribution < 1.29 is 24.2 Å². The zero-order valence-corrected chi connectivity index (χ0v) is 11.4. The number of piperazine rings is 1. The van der Waals surface area contributed by atoms with Gasteiger partial charge in [-0.05, 0) is 12.8 Å². The molecule has 20 heavy (non-hydrogen) atoms. The normalized spacial score (nSPS) is 22.9. The summed E-state index contributed by atoms with van der Waals surface area (Å²) in [5.74, 6) is -1.11. The van der Waals surface area contributed by atoms with Crippen molar-refractivity contribution in [2.75, 3.05) is 32.8 Å². The number of aliphatic carboxylic acids is 1. The number of ether oxygens (including phenoxy) is 1. The number of hydrogen-bond donors (Lipinski definition) is 1. The molecule has 2 amide bonds. The number of carbonyl (C=O) groups excluding carboxylic acids is 2. The van der Waals surface area contributed by atoms with Gasteiger partial charge >= 0.3 is 5.97 Å². The Morgan fingerprint density at radius 3 is 2.25 bits per heavy atom. The molecule has 1 N–H and O–H groups in total. The molecule has 2 rings (SSSR count). The summed E-state index contributed by atoms with van der Waals surface area (Å²) >= 11 is 0. The fraction of sp³-hybridized carbons (Fsp3) is 0.769. The Kier molecular flexibility index (Phi) is 4.94. The van der Waals surface area contributed by atoms with Crippen LogP contribution >= 0.6 is 0 Å². The van der Waals surface area contributed by atoms with E-state index in [0.29, 0.717) is 32.8 Å². The van der Waals surface area contributed by atoms with E-state index in [1.54, 1.807) is 9.80 Å². The molecular formula is C13H20N2O5. The van der Waals surface area contributed by atoms with Crippen LogP contribution in [0.5, 0.6) is 0 Å². The molecule has 0 unspecified atom stereocenters. The molecule has 2 aliphatic heterocycles. The summed E-state index contributed by atoms with van der Waals surface area (Å²) in [6, 6.07) is 0. The van der Waals surface area contributed by atoms with Crippen molar-refractivity contribution in [3.63, 3.8) is 0 Å². The number of carbonyl (C=O) groups is 3. The molecule has 7 nitrogen and oxygen atoms in total. The average Bonchev–Trinajstić information content (AvgIpc) is 2.98. The van der Waals surface area contributed by atoms with Gasteiger partial charge in [0.2, 0.25) is 5.91 Å². The zero-order chi connectivity index (χ0) is 14.5. The van der Waals surface area contributed by atoms with Gasteiger partial charge in [0, 0.05) is 39.2 Å². The Bertz CT molecular complexity index is 384. The largest absolute Gasteiger partial charge is 0.481 e. The highest BCUT2D eigenvalue weighted by molar-refractivity contribution is 5.83. The van der Waals surface area contributed by atoms with Crippen LogP contribution in [0.1, 0.15) is 25.7 Å². The lowest BCUT2D eigenvalue weighted by atomic mass is 10.2. The fourth-order valence-electron chi connectivity index (χ4n) is 2.52. The molecule has 2 fully saturated rings. The van der Waals surface area contributed by atoms with E-state index in [1.807, 2.05) is 0 Å². The minimum atomic E-state index is -0.967. The van der Waals surface area contributed by atoms with Crippen molar-refractivity contribution in [1.82, 2.24) is 9.80 Å². The Hall–Kier alpha value is -1.63. The lowest BCUT2D eigenvalue weighted by molar-refractivity contribution is -0.146. The van der Waals surface area contributed by atoms with E-state index in [2.05, 4.69) is 0 Å². The maximum Gasteiger partial charge on any atom is 0.303 e. The zero-order valence-electron chi connectivity index (χ0n) is 11.4. The van der Waals surface area contributed by atoms with E-state index >= 15 is 0 Å². The van der Waals surface area contributed by atoms with E-state index in [4.69, 9.17) is 9.84 Å². The predicted octanol–water partition coefficient (Wildman–Crippen LogP) is -0.299. The molecule has 112 valence electrons. The summed E-state index contributed by atoms with van der Waals surface area (Å²) in [6.07, 6.45) is 1.26. The lowest BCUT2D eigenvalue weighted by Gasteiger charge is -2.35. The van der Waals surface area contributed by atoms with Crippen molar-refractivity contribution in [1.29, 1.82) is 0 Å². The maximum atomic E-state index is 12.1. The summed E-state index contributed by atoms with van der Waals surface area (Å²) < 4.78 is 5.37. The van der Waals surface area contributed by atoms with Crippen LogP contribution in [0, 0.1) is 0 Å². The molecule has 0 aromatic carbocycles. The van der Waals surface area contributed by atoms with Gasteiger partial charge in [-0.1, -0.05) is 0 Å². The summed E-state index contributed by atoms with van der Waals surface area (Å²) in [5, 5.41) is 8.56. The minimum absolute atomic E-state index is 0.0140. The highest BCUT2D eigenvalue weighted by atomic mass is 16.5. The first-order valence-electron chi connectivity index (χ1n) is 6.98. The highest BCUT2D eigenvalue weighted by Gasteiger charge is 2.31. The molecule has 0 aromatic rings.